The monoisotopic (exact) mass is 245 g/mol. The van der Waals surface area contributed by atoms with Gasteiger partial charge < -0.3 is 10.2 Å². The normalized spacial score (nSPS) is 20.7. The van der Waals surface area contributed by atoms with Crippen molar-refractivity contribution >= 4 is 11.6 Å². The second-order valence-corrected chi connectivity index (χ2v) is 5.10. The van der Waals surface area contributed by atoms with Crippen LogP contribution in [0.4, 0.5) is 5.95 Å². The Bertz CT molecular complexity index is 547. The number of anilines is 1. The first-order chi connectivity index (χ1) is 8.72. The van der Waals surface area contributed by atoms with Gasteiger partial charge in [0.2, 0.25) is 5.95 Å². The molecule has 0 aromatic carbocycles. The van der Waals surface area contributed by atoms with E-state index < -0.39 is 0 Å². The van der Waals surface area contributed by atoms with Gasteiger partial charge in [-0.2, -0.15) is 4.98 Å². The number of likely N-dealkylation sites (N-methyl/N-ethyl adjacent to an activating group) is 1. The largest absolute Gasteiger partial charge is 0.351 e. The van der Waals surface area contributed by atoms with Gasteiger partial charge in [0.15, 0.2) is 5.65 Å². The van der Waals surface area contributed by atoms with Crippen molar-refractivity contribution in [1.82, 2.24) is 19.5 Å². The summed E-state index contributed by atoms with van der Waals surface area (Å²) in [5.41, 5.74) is 2.08. The molecule has 0 saturated carbocycles. The predicted octanol–water partition coefficient (Wildman–Crippen LogP) is 1.54. The van der Waals surface area contributed by atoms with Crippen molar-refractivity contribution in [2.45, 2.75) is 25.8 Å². The predicted molar refractivity (Wildman–Crippen MR) is 71.9 cm³/mol. The summed E-state index contributed by atoms with van der Waals surface area (Å²) in [6.07, 6.45) is 4.55. The van der Waals surface area contributed by atoms with Crippen molar-refractivity contribution in [3.05, 3.63) is 23.9 Å². The van der Waals surface area contributed by atoms with E-state index in [-0.39, 0.29) is 0 Å². The Balaban J connectivity index is 1.71. The number of aryl methyl sites for hydroxylation is 1. The standard InChI is InChI=1S/C13H19N5/c1-10-5-6-12-15-13(16-18(12)9-10)14-8-11-4-3-7-17(11)2/h5-6,9,11H,3-4,7-8H2,1-2H3,(H,14,16). The zero-order valence-electron chi connectivity index (χ0n) is 10.9. The lowest BCUT2D eigenvalue weighted by Gasteiger charge is -2.18. The fraction of sp³-hybridized carbons (Fsp3) is 0.538. The van der Waals surface area contributed by atoms with Gasteiger partial charge in [-0.25, -0.2) is 4.52 Å². The maximum atomic E-state index is 4.46. The van der Waals surface area contributed by atoms with E-state index in [0.29, 0.717) is 6.04 Å². The maximum Gasteiger partial charge on any atom is 0.243 e. The van der Waals surface area contributed by atoms with Crippen LogP contribution < -0.4 is 5.32 Å². The minimum atomic E-state index is 0.610. The number of fused-ring (bicyclic) bond motifs is 1. The summed E-state index contributed by atoms with van der Waals surface area (Å²) in [5.74, 6) is 0.723. The summed E-state index contributed by atoms with van der Waals surface area (Å²) in [7, 11) is 2.18. The van der Waals surface area contributed by atoms with Crippen LogP contribution in [0.2, 0.25) is 0 Å². The molecule has 96 valence electrons. The molecule has 1 aliphatic rings. The molecular formula is C13H19N5. The van der Waals surface area contributed by atoms with Crippen molar-refractivity contribution in [3.63, 3.8) is 0 Å². The van der Waals surface area contributed by atoms with Crippen molar-refractivity contribution in [2.24, 2.45) is 0 Å². The zero-order chi connectivity index (χ0) is 12.5. The van der Waals surface area contributed by atoms with Crippen LogP contribution in [0.25, 0.3) is 5.65 Å². The molecule has 0 amide bonds. The number of likely N-dealkylation sites (tertiary alicyclic amines) is 1. The summed E-state index contributed by atoms with van der Waals surface area (Å²) in [6.45, 7) is 4.18. The van der Waals surface area contributed by atoms with E-state index in [1.165, 1.54) is 24.9 Å². The average molecular weight is 245 g/mol. The first-order valence-corrected chi connectivity index (χ1v) is 6.49. The molecule has 5 heteroatoms. The van der Waals surface area contributed by atoms with Crippen LogP contribution in [-0.2, 0) is 0 Å². The number of hydrogen-bond acceptors (Lipinski definition) is 4. The Hall–Kier alpha value is -1.62. The molecule has 1 N–H and O–H groups in total. The van der Waals surface area contributed by atoms with Crippen molar-refractivity contribution in [1.29, 1.82) is 0 Å². The highest BCUT2D eigenvalue weighted by atomic mass is 15.3. The second-order valence-electron chi connectivity index (χ2n) is 5.10. The smallest absolute Gasteiger partial charge is 0.243 e. The minimum Gasteiger partial charge on any atom is -0.351 e. The third-order valence-corrected chi connectivity index (χ3v) is 3.65. The topological polar surface area (TPSA) is 45.5 Å². The number of hydrogen-bond donors (Lipinski definition) is 1. The molecule has 1 atom stereocenters. The highest BCUT2D eigenvalue weighted by Crippen LogP contribution is 2.15. The van der Waals surface area contributed by atoms with Gasteiger partial charge in [0.05, 0.1) is 0 Å². The summed E-state index contributed by atoms with van der Waals surface area (Å²) >= 11 is 0. The summed E-state index contributed by atoms with van der Waals surface area (Å²) in [6, 6.07) is 4.66. The molecule has 0 bridgehead atoms. The number of rotatable bonds is 3. The van der Waals surface area contributed by atoms with Gasteiger partial charge in [0.25, 0.3) is 0 Å². The Labute approximate surface area is 107 Å². The van der Waals surface area contributed by atoms with Crippen molar-refractivity contribution in [2.75, 3.05) is 25.5 Å². The highest BCUT2D eigenvalue weighted by molar-refractivity contribution is 5.44. The molecule has 2 aromatic rings. The number of nitrogens with zero attached hydrogens (tertiary/aromatic N) is 4. The van der Waals surface area contributed by atoms with Crippen molar-refractivity contribution in [3.8, 4) is 0 Å². The van der Waals surface area contributed by atoms with Gasteiger partial charge in [-0.1, -0.05) is 6.07 Å². The maximum absolute atomic E-state index is 4.46. The van der Waals surface area contributed by atoms with E-state index in [1.807, 2.05) is 16.8 Å². The van der Waals surface area contributed by atoms with Crippen LogP contribution in [0.3, 0.4) is 0 Å². The fourth-order valence-electron chi connectivity index (χ4n) is 2.51. The lowest BCUT2D eigenvalue weighted by atomic mass is 10.2. The molecule has 2 aromatic heterocycles. The average Bonchev–Trinajstić information content (AvgIpc) is 2.92. The van der Waals surface area contributed by atoms with Gasteiger partial charge in [-0.15, -0.1) is 5.10 Å². The van der Waals surface area contributed by atoms with Crippen LogP contribution in [-0.4, -0.2) is 45.7 Å². The lowest BCUT2D eigenvalue weighted by Crippen LogP contribution is -2.31. The lowest BCUT2D eigenvalue weighted by molar-refractivity contribution is 0.322. The van der Waals surface area contributed by atoms with Crippen LogP contribution in [0.15, 0.2) is 18.3 Å². The van der Waals surface area contributed by atoms with Gasteiger partial charge >= 0.3 is 0 Å². The van der Waals surface area contributed by atoms with Gasteiger partial charge in [0, 0.05) is 18.8 Å². The summed E-state index contributed by atoms with van der Waals surface area (Å²) < 4.78 is 1.83. The van der Waals surface area contributed by atoms with E-state index in [9.17, 15) is 0 Å². The third kappa shape index (κ3) is 2.18. The second kappa shape index (κ2) is 4.57. The van der Waals surface area contributed by atoms with E-state index >= 15 is 0 Å². The quantitative estimate of drug-likeness (QED) is 0.891. The van der Waals surface area contributed by atoms with Crippen LogP contribution >= 0.6 is 0 Å². The Kier molecular flexibility index (Phi) is 2.91. The number of aromatic nitrogens is 3. The van der Waals surface area contributed by atoms with Crippen LogP contribution in [0, 0.1) is 6.92 Å². The molecule has 0 aliphatic carbocycles. The molecule has 5 nitrogen and oxygen atoms in total. The Morgan fingerprint density at radius 3 is 3.11 bits per heavy atom. The van der Waals surface area contributed by atoms with E-state index in [2.05, 4.69) is 40.3 Å². The van der Waals surface area contributed by atoms with Crippen molar-refractivity contribution < 1.29 is 0 Å². The Morgan fingerprint density at radius 2 is 2.33 bits per heavy atom. The molecule has 3 rings (SSSR count). The summed E-state index contributed by atoms with van der Waals surface area (Å²) in [4.78, 5) is 6.86. The van der Waals surface area contributed by atoms with Gasteiger partial charge in [-0.3, -0.25) is 0 Å². The molecule has 1 saturated heterocycles. The number of nitrogens with one attached hydrogen (secondary N) is 1. The van der Waals surface area contributed by atoms with Gasteiger partial charge in [0.1, 0.15) is 0 Å². The molecule has 18 heavy (non-hydrogen) atoms. The molecule has 1 unspecified atom stereocenters. The SMILES string of the molecule is Cc1ccc2nc(NCC3CCCN3C)nn2c1. The van der Waals surface area contributed by atoms with E-state index in [4.69, 9.17) is 0 Å². The molecule has 3 heterocycles. The molecular weight excluding hydrogens is 226 g/mol. The first kappa shape index (κ1) is 11.5. The third-order valence-electron chi connectivity index (χ3n) is 3.65. The van der Waals surface area contributed by atoms with E-state index in [1.54, 1.807) is 0 Å². The van der Waals surface area contributed by atoms with Gasteiger partial charge in [-0.05, 0) is 45.0 Å². The van der Waals surface area contributed by atoms with Crippen LogP contribution in [0.5, 0.6) is 0 Å². The molecule has 1 aliphatic heterocycles. The molecule has 0 radical (unpaired) electrons. The molecule has 1 fully saturated rings. The minimum absolute atomic E-state index is 0.610. The summed E-state index contributed by atoms with van der Waals surface area (Å²) in [5, 5.41) is 7.78. The Morgan fingerprint density at radius 1 is 1.44 bits per heavy atom. The van der Waals surface area contributed by atoms with Crippen LogP contribution in [0.1, 0.15) is 18.4 Å². The van der Waals surface area contributed by atoms with E-state index in [0.717, 1.165) is 18.1 Å². The first-order valence-electron chi connectivity index (χ1n) is 6.49. The molecule has 0 spiro atoms. The highest BCUT2D eigenvalue weighted by Gasteiger charge is 2.20. The number of pyridine rings is 1. The zero-order valence-corrected chi connectivity index (χ0v) is 10.9. The fourth-order valence-corrected chi connectivity index (χ4v) is 2.51.